The molecule has 5 heterocycles. The summed E-state index contributed by atoms with van der Waals surface area (Å²) in [6, 6.07) is 85.1. The number of nitrogens with zero attached hydrogens (tertiary/aromatic N) is 5. The average molecular weight is 1120 g/mol. The van der Waals surface area contributed by atoms with Gasteiger partial charge in [0.15, 0.2) is 5.84 Å². The van der Waals surface area contributed by atoms with Crippen LogP contribution in [0.2, 0.25) is 0 Å². The summed E-state index contributed by atoms with van der Waals surface area (Å²) < 4.78 is 12.1. The number of fused-ring (bicyclic) bond motifs is 10. The number of aromatic nitrogens is 2. The van der Waals surface area contributed by atoms with Gasteiger partial charge >= 0.3 is 0 Å². The highest BCUT2D eigenvalue weighted by molar-refractivity contribution is 6.30. The maximum atomic E-state index is 7.07. The predicted molar refractivity (Wildman–Crippen MR) is 355 cm³/mol. The summed E-state index contributed by atoms with van der Waals surface area (Å²) in [5.74, 6) is 3.26. The van der Waals surface area contributed by atoms with E-state index in [4.69, 9.17) is 19.7 Å². The minimum atomic E-state index is -0.449. The second-order valence-electron chi connectivity index (χ2n) is 23.0. The van der Waals surface area contributed by atoms with Gasteiger partial charge in [0.1, 0.15) is 42.0 Å². The third-order valence-electron chi connectivity index (χ3n) is 17.9. The molecule has 2 aliphatic carbocycles. The normalized spacial score (nSPS) is 19.4. The predicted octanol–water partition coefficient (Wildman–Crippen LogP) is 17.2. The first-order valence-electron chi connectivity index (χ1n) is 30.1. The smallest absolute Gasteiger partial charge is 0.161 e. The van der Waals surface area contributed by atoms with Gasteiger partial charge < -0.3 is 24.5 Å². The van der Waals surface area contributed by atoms with Crippen molar-refractivity contribution < 1.29 is 4.74 Å². The van der Waals surface area contributed by atoms with Gasteiger partial charge in [-0.15, -0.1) is 0 Å². The van der Waals surface area contributed by atoms with E-state index in [-0.39, 0.29) is 18.2 Å². The molecule has 12 aromatic rings. The van der Waals surface area contributed by atoms with Crippen molar-refractivity contribution in [2.75, 3.05) is 0 Å². The number of amidine groups is 3. The first kappa shape index (κ1) is 50.6. The SMILES string of the molecule is C1=CCCC(C2=NC(c3ccc(-n4c5ccc(-c6ccccc6)cc5c5cc(-c6ccccc6)c6c(c7ccccc7n6-c6cccc7c6OC6C=CC=CC76)c54)c(C4=NC(c5ccccc5)NC(c5ccccc5)=N4)c3)NC(c3ccccc3)N2)=C1. The van der Waals surface area contributed by atoms with Crippen molar-refractivity contribution in [3.05, 3.63) is 318 Å². The van der Waals surface area contributed by atoms with Crippen LogP contribution in [-0.4, -0.2) is 32.7 Å². The maximum absolute atomic E-state index is 7.07. The molecule has 416 valence electrons. The molecule has 17 rings (SSSR count). The Morgan fingerprint density at radius 1 is 0.460 bits per heavy atom. The molecule has 0 spiro atoms. The Labute approximate surface area is 504 Å². The Morgan fingerprint density at radius 2 is 1.16 bits per heavy atom. The Hall–Kier alpha value is -10.9. The molecule has 3 N–H and O–H groups in total. The van der Waals surface area contributed by atoms with Gasteiger partial charge in [-0.3, -0.25) is 5.32 Å². The Bertz CT molecular complexity index is 4940. The number of aliphatic imine (C=N–C) groups is 3. The molecule has 9 nitrogen and oxygen atoms in total. The minimum absolute atomic E-state index is 0.0881. The Kier molecular flexibility index (Phi) is 12.2. The van der Waals surface area contributed by atoms with E-state index in [9.17, 15) is 0 Å². The van der Waals surface area contributed by atoms with E-state index in [1.165, 1.54) is 11.1 Å². The molecule has 0 radical (unpaired) electrons. The van der Waals surface area contributed by atoms with E-state index >= 15 is 0 Å². The van der Waals surface area contributed by atoms with Gasteiger partial charge in [0.05, 0.1) is 33.4 Å². The highest BCUT2D eigenvalue weighted by Crippen LogP contribution is 2.51. The van der Waals surface area contributed by atoms with Crippen LogP contribution in [-0.2, 0) is 0 Å². The molecule has 0 amide bonds. The van der Waals surface area contributed by atoms with E-state index in [1.807, 2.05) is 6.07 Å². The van der Waals surface area contributed by atoms with Gasteiger partial charge in [-0.25, -0.2) is 15.0 Å². The van der Waals surface area contributed by atoms with Crippen LogP contribution in [0.3, 0.4) is 0 Å². The molecule has 5 atom stereocenters. The molecule has 10 aromatic carbocycles. The molecule has 5 aliphatic rings. The van der Waals surface area contributed by atoms with Gasteiger partial charge in [0.25, 0.3) is 0 Å². The van der Waals surface area contributed by atoms with E-state index in [0.717, 1.165) is 135 Å². The number of hydrogen-bond acceptors (Lipinski definition) is 7. The maximum Gasteiger partial charge on any atom is 0.161 e. The van der Waals surface area contributed by atoms with Crippen molar-refractivity contribution in [3.63, 3.8) is 0 Å². The van der Waals surface area contributed by atoms with Crippen LogP contribution in [0.25, 0.3) is 77.2 Å². The van der Waals surface area contributed by atoms with Crippen LogP contribution in [0, 0.1) is 0 Å². The van der Waals surface area contributed by atoms with Crippen LogP contribution in [0.5, 0.6) is 5.75 Å². The fourth-order valence-electron chi connectivity index (χ4n) is 13.8. The summed E-state index contributed by atoms with van der Waals surface area (Å²) in [5.41, 5.74) is 18.1. The molecule has 2 aromatic heterocycles. The number of ether oxygens (including phenoxy) is 1. The molecular formula is C78H58N8O. The van der Waals surface area contributed by atoms with E-state index in [1.54, 1.807) is 0 Å². The summed E-state index contributed by atoms with van der Waals surface area (Å²) in [6.45, 7) is 0. The zero-order valence-electron chi connectivity index (χ0n) is 47.5. The lowest BCUT2D eigenvalue weighted by Crippen LogP contribution is -2.45. The topological polar surface area (TPSA) is 92.3 Å². The monoisotopic (exact) mass is 1120 g/mol. The van der Waals surface area contributed by atoms with Crippen LogP contribution in [0.1, 0.15) is 70.6 Å². The Morgan fingerprint density at radius 3 is 1.94 bits per heavy atom. The van der Waals surface area contributed by atoms with Gasteiger partial charge in [-0.05, 0) is 100 Å². The van der Waals surface area contributed by atoms with Crippen molar-refractivity contribution in [2.45, 2.75) is 43.4 Å². The van der Waals surface area contributed by atoms with Gasteiger partial charge in [0.2, 0.25) is 0 Å². The van der Waals surface area contributed by atoms with Gasteiger partial charge in [-0.2, -0.15) is 0 Å². The summed E-state index contributed by atoms with van der Waals surface area (Å²) in [5, 5.41) is 16.0. The number of allylic oxidation sites excluding steroid dienone is 5. The molecule has 0 saturated heterocycles. The number of benzene rings is 10. The first-order chi connectivity index (χ1) is 43.1. The average Bonchev–Trinajstić information content (AvgIpc) is 1.56. The van der Waals surface area contributed by atoms with E-state index < -0.39 is 12.3 Å². The van der Waals surface area contributed by atoms with Crippen molar-refractivity contribution in [1.82, 2.24) is 25.1 Å². The third-order valence-corrected chi connectivity index (χ3v) is 17.9. The molecule has 0 saturated carbocycles. The fraction of sp³-hybridized carbons (Fsp3) is 0.0897. The summed E-state index contributed by atoms with van der Waals surface area (Å²) in [7, 11) is 0. The number of hydrogen-bond donors (Lipinski definition) is 3. The van der Waals surface area contributed by atoms with E-state index in [0.29, 0.717) is 5.84 Å². The molecule has 0 bridgehead atoms. The van der Waals surface area contributed by atoms with Crippen molar-refractivity contribution in [2.24, 2.45) is 15.0 Å². The summed E-state index contributed by atoms with van der Waals surface area (Å²) in [4.78, 5) is 16.9. The summed E-state index contributed by atoms with van der Waals surface area (Å²) >= 11 is 0. The zero-order valence-corrected chi connectivity index (χ0v) is 47.5. The lowest BCUT2D eigenvalue weighted by atomic mass is 9.92. The van der Waals surface area contributed by atoms with Crippen LogP contribution >= 0.6 is 0 Å². The minimum Gasteiger partial charge on any atom is -0.483 e. The highest BCUT2D eigenvalue weighted by Gasteiger charge is 2.36. The second-order valence-corrected chi connectivity index (χ2v) is 23.0. The zero-order chi connectivity index (χ0) is 57.4. The van der Waals surface area contributed by atoms with Crippen LogP contribution < -0.4 is 20.7 Å². The third kappa shape index (κ3) is 8.68. The molecule has 0 fully saturated rings. The van der Waals surface area contributed by atoms with Crippen molar-refractivity contribution in [3.8, 4) is 39.4 Å². The van der Waals surface area contributed by atoms with Crippen molar-refractivity contribution in [1.29, 1.82) is 0 Å². The van der Waals surface area contributed by atoms with Crippen LogP contribution in [0.4, 0.5) is 0 Å². The second kappa shape index (κ2) is 21.0. The van der Waals surface area contributed by atoms with Crippen LogP contribution in [0.15, 0.2) is 300 Å². The molecule has 5 unspecified atom stereocenters. The fourth-order valence-corrected chi connectivity index (χ4v) is 13.8. The van der Waals surface area contributed by atoms with Crippen molar-refractivity contribution >= 4 is 61.1 Å². The van der Waals surface area contributed by atoms with E-state index in [2.05, 4.69) is 298 Å². The molecule has 3 aliphatic heterocycles. The lowest BCUT2D eigenvalue weighted by Gasteiger charge is -2.33. The number of nitrogens with one attached hydrogen (secondary N) is 3. The molecule has 9 heteroatoms. The number of para-hydroxylation sites is 2. The lowest BCUT2D eigenvalue weighted by molar-refractivity contribution is 0.268. The number of rotatable bonds is 10. The Balaban J connectivity index is 0.994. The molecule has 87 heavy (non-hydrogen) atoms. The molecular weight excluding hydrogens is 1060 g/mol. The van der Waals surface area contributed by atoms with Gasteiger partial charge in [-0.1, -0.05) is 231 Å². The largest absolute Gasteiger partial charge is 0.483 e. The summed E-state index contributed by atoms with van der Waals surface area (Å²) in [6.07, 6.45) is 16.0. The quantitative estimate of drug-likeness (QED) is 0.127. The standard InChI is InChI=1S/C78H58N8O/c1-7-24-49(25-8-1)55-42-44-65-61(46-55)62-48-60(50-26-9-2-10-27-50)70-69(59-37-19-21-39-64(59)86(70)67-40-23-38-58-57-36-20-22-41-68(57)87-72(58)67)71(62)85(65)66-45-43-56(77-81-73(51-28-11-3-12-29-51)79-74(82-77)52-30-13-4-14-31-52)47-63(66)78-83-75(53-32-15-5-16-33-53)80-76(84-78)54-34-17-6-18-35-54/h1-13,15-30,32-48,57,68,73,75,77,81H,14,31H2,(H,79,82)(H,80,83,84). The highest BCUT2D eigenvalue weighted by atomic mass is 16.5. The first-order valence-corrected chi connectivity index (χ1v) is 30.1. The van der Waals surface area contributed by atoms with Gasteiger partial charge in [0, 0.05) is 49.7 Å².